The summed E-state index contributed by atoms with van der Waals surface area (Å²) >= 11 is 0. The molecule has 0 aliphatic rings. The lowest BCUT2D eigenvalue weighted by Crippen LogP contribution is -2.29. The summed E-state index contributed by atoms with van der Waals surface area (Å²) < 4.78 is 4.97. The van der Waals surface area contributed by atoms with E-state index in [-0.39, 0.29) is 24.9 Å². The third-order valence-corrected chi connectivity index (χ3v) is 2.76. The Labute approximate surface area is 114 Å². The summed E-state index contributed by atoms with van der Waals surface area (Å²) in [5.74, 6) is 0.426. The molecule has 8 nitrogen and oxygen atoms in total. The summed E-state index contributed by atoms with van der Waals surface area (Å²) in [5, 5.41) is 23.6. The highest BCUT2D eigenvalue weighted by Gasteiger charge is 2.13. The standard InChI is InChI=1S/C12H14N4O4/c1-20-6-8(5-17)15-12-10-4-9(16(18)19)2-3-11(10)13-7-14-12/h2-4,7-8,17H,5-6H2,1H3,(H,13,14,15). The van der Waals surface area contributed by atoms with E-state index in [1.54, 1.807) is 6.07 Å². The van der Waals surface area contributed by atoms with E-state index in [4.69, 9.17) is 4.74 Å². The molecule has 8 heteroatoms. The largest absolute Gasteiger partial charge is 0.394 e. The minimum absolute atomic E-state index is 0.0392. The van der Waals surface area contributed by atoms with E-state index >= 15 is 0 Å². The fourth-order valence-corrected chi connectivity index (χ4v) is 1.81. The molecule has 0 bridgehead atoms. The second-order valence-electron chi connectivity index (χ2n) is 4.16. The molecule has 1 atom stereocenters. The summed E-state index contributed by atoms with van der Waals surface area (Å²) in [6, 6.07) is 4.00. The number of rotatable bonds is 6. The minimum Gasteiger partial charge on any atom is -0.394 e. The lowest BCUT2D eigenvalue weighted by molar-refractivity contribution is -0.384. The minimum atomic E-state index is -0.477. The van der Waals surface area contributed by atoms with Crippen molar-refractivity contribution in [1.82, 2.24) is 9.97 Å². The number of nitro groups is 1. The predicted molar refractivity (Wildman–Crippen MR) is 72.6 cm³/mol. The van der Waals surface area contributed by atoms with Crippen LogP contribution in [0.25, 0.3) is 10.9 Å². The molecule has 2 aromatic rings. The molecule has 0 saturated carbocycles. The average Bonchev–Trinajstić information content (AvgIpc) is 2.46. The molecular formula is C12H14N4O4. The molecular weight excluding hydrogens is 264 g/mol. The maximum absolute atomic E-state index is 10.8. The molecule has 20 heavy (non-hydrogen) atoms. The molecule has 1 heterocycles. The normalized spacial score (nSPS) is 12.3. The number of nitrogens with one attached hydrogen (secondary N) is 1. The van der Waals surface area contributed by atoms with Gasteiger partial charge >= 0.3 is 0 Å². The quantitative estimate of drug-likeness (QED) is 0.598. The molecule has 2 N–H and O–H groups in total. The number of non-ortho nitro benzene ring substituents is 1. The molecule has 1 aromatic heterocycles. The predicted octanol–water partition coefficient (Wildman–Crippen LogP) is 0.957. The number of methoxy groups -OCH3 is 1. The molecule has 0 aliphatic heterocycles. The Morgan fingerprint density at radius 2 is 2.30 bits per heavy atom. The first kappa shape index (κ1) is 14.1. The fourth-order valence-electron chi connectivity index (χ4n) is 1.81. The molecule has 0 saturated heterocycles. The van der Waals surface area contributed by atoms with E-state index in [9.17, 15) is 15.2 Å². The Morgan fingerprint density at radius 3 is 2.95 bits per heavy atom. The summed E-state index contributed by atoms with van der Waals surface area (Å²) in [5.41, 5.74) is 0.546. The van der Waals surface area contributed by atoms with Gasteiger partial charge in [0.2, 0.25) is 0 Å². The molecule has 1 unspecified atom stereocenters. The summed E-state index contributed by atoms with van der Waals surface area (Å²) in [7, 11) is 1.52. The number of nitrogens with zero attached hydrogens (tertiary/aromatic N) is 3. The van der Waals surface area contributed by atoms with Crippen molar-refractivity contribution in [2.45, 2.75) is 6.04 Å². The van der Waals surface area contributed by atoms with Gasteiger partial charge in [-0.05, 0) is 6.07 Å². The van der Waals surface area contributed by atoms with E-state index in [1.807, 2.05) is 0 Å². The number of benzene rings is 1. The molecule has 0 fully saturated rings. The number of hydrogen-bond acceptors (Lipinski definition) is 7. The van der Waals surface area contributed by atoms with E-state index in [1.165, 1.54) is 25.6 Å². The highest BCUT2D eigenvalue weighted by Crippen LogP contribution is 2.24. The first-order chi connectivity index (χ1) is 9.65. The Kier molecular flexibility index (Phi) is 4.38. The van der Waals surface area contributed by atoms with Crippen molar-refractivity contribution in [2.24, 2.45) is 0 Å². The summed E-state index contributed by atoms with van der Waals surface area (Å²) in [6.45, 7) is 0.144. The molecule has 106 valence electrons. The maximum Gasteiger partial charge on any atom is 0.270 e. The van der Waals surface area contributed by atoms with Gasteiger partial charge in [0.25, 0.3) is 5.69 Å². The third kappa shape index (κ3) is 2.98. The van der Waals surface area contributed by atoms with E-state index in [0.29, 0.717) is 16.7 Å². The van der Waals surface area contributed by atoms with Crippen LogP contribution in [0.5, 0.6) is 0 Å². The molecule has 0 radical (unpaired) electrons. The van der Waals surface area contributed by atoms with Crippen LogP contribution in [0.1, 0.15) is 0 Å². The topological polar surface area (TPSA) is 110 Å². The zero-order valence-corrected chi connectivity index (χ0v) is 10.8. The van der Waals surface area contributed by atoms with Gasteiger partial charge in [0.1, 0.15) is 12.1 Å². The number of anilines is 1. The molecule has 1 aromatic carbocycles. The van der Waals surface area contributed by atoms with Gasteiger partial charge in [0.15, 0.2) is 0 Å². The van der Waals surface area contributed by atoms with Crippen LogP contribution < -0.4 is 5.32 Å². The van der Waals surface area contributed by atoms with E-state index in [0.717, 1.165) is 0 Å². The fraction of sp³-hybridized carbons (Fsp3) is 0.333. The lowest BCUT2D eigenvalue weighted by atomic mass is 10.2. The lowest BCUT2D eigenvalue weighted by Gasteiger charge is -2.16. The number of nitro benzene ring substituents is 1. The molecule has 0 aliphatic carbocycles. The van der Waals surface area contributed by atoms with Crippen LogP contribution in [0, 0.1) is 10.1 Å². The van der Waals surface area contributed by atoms with Gasteiger partial charge in [-0.3, -0.25) is 10.1 Å². The van der Waals surface area contributed by atoms with Gasteiger partial charge in [-0.25, -0.2) is 9.97 Å². The zero-order valence-electron chi connectivity index (χ0n) is 10.8. The number of ether oxygens (including phenoxy) is 1. The van der Waals surface area contributed by atoms with Gasteiger partial charge in [0.05, 0.1) is 29.7 Å². The smallest absolute Gasteiger partial charge is 0.270 e. The van der Waals surface area contributed by atoms with Gasteiger partial charge < -0.3 is 15.2 Å². The second kappa shape index (κ2) is 6.22. The van der Waals surface area contributed by atoms with Crippen molar-refractivity contribution in [3.8, 4) is 0 Å². The maximum atomic E-state index is 10.8. The van der Waals surface area contributed by atoms with Crippen LogP contribution in [0.4, 0.5) is 11.5 Å². The van der Waals surface area contributed by atoms with Crippen molar-refractivity contribution < 1.29 is 14.8 Å². The zero-order chi connectivity index (χ0) is 14.5. The van der Waals surface area contributed by atoms with Gasteiger partial charge in [-0.15, -0.1) is 0 Å². The number of fused-ring (bicyclic) bond motifs is 1. The highest BCUT2D eigenvalue weighted by molar-refractivity contribution is 5.90. The molecule has 2 rings (SSSR count). The van der Waals surface area contributed by atoms with Crippen molar-refractivity contribution in [3.63, 3.8) is 0 Å². The van der Waals surface area contributed by atoms with Crippen molar-refractivity contribution in [1.29, 1.82) is 0 Å². The van der Waals surface area contributed by atoms with E-state index in [2.05, 4.69) is 15.3 Å². The average molecular weight is 278 g/mol. The number of aliphatic hydroxyl groups excluding tert-OH is 1. The van der Waals surface area contributed by atoms with Crippen LogP contribution in [0.3, 0.4) is 0 Å². The van der Waals surface area contributed by atoms with Crippen LogP contribution in [-0.4, -0.2) is 46.4 Å². The van der Waals surface area contributed by atoms with Gasteiger partial charge in [-0.2, -0.15) is 0 Å². The van der Waals surface area contributed by atoms with Crippen molar-refractivity contribution in [3.05, 3.63) is 34.6 Å². The monoisotopic (exact) mass is 278 g/mol. The van der Waals surface area contributed by atoms with E-state index < -0.39 is 4.92 Å². The first-order valence-electron chi connectivity index (χ1n) is 5.91. The van der Waals surface area contributed by atoms with Gasteiger partial charge in [0, 0.05) is 24.6 Å². The van der Waals surface area contributed by atoms with Crippen LogP contribution in [-0.2, 0) is 4.74 Å². The van der Waals surface area contributed by atoms with Gasteiger partial charge in [-0.1, -0.05) is 0 Å². The third-order valence-electron chi connectivity index (χ3n) is 2.76. The highest BCUT2D eigenvalue weighted by atomic mass is 16.6. The Bertz CT molecular complexity index is 619. The van der Waals surface area contributed by atoms with Crippen molar-refractivity contribution >= 4 is 22.4 Å². The number of aliphatic hydroxyl groups is 1. The number of aromatic nitrogens is 2. The number of hydrogen-bond donors (Lipinski definition) is 2. The first-order valence-corrected chi connectivity index (χ1v) is 5.91. The van der Waals surface area contributed by atoms with Crippen LogP contribution in [0.2, 0.25) is 0 Å². The molecule has 0 amide bonds. The summed E-state index contributed by atoms with van der Waals surface area (Å²) in [4.78, 5) is 18.5. The van der Waals surface area contributed by atoms with Crippen molar-refractivity contribution in [2.75, 3.05) is 25.6 Å². The second-order valence-corrected chi connectivity index (χ2v) is 4.16. The Balaban J connectivity index is 2.41. The SMILES string of the molecule is COCC(CO)Nc1ncnc2ccc([N+](=O)[O-])cc12. The Morgan fingerprint density at radius 1 is 1.50 bits per heavy atom. The van der Waals surface area contributed by atoms with Crippen LogP contribution in [0.15, 0.2) is 24.5 Å². The Hall–Kier alpha value is -2.32. The molecule has 0 spiro atoms. The van der Waals surface area contributed by atoms with Crippen LogP contribution >= 0.6 is 0 Å². The summed E-state index contributed by atoms with van der Waals surface area (Å²) in [6.07, 6.45) is 1.36.